The van der Waals surface area contributed by atoms with Crippen molar-refractivity contribution >= 4 is 0 Å². The van der Waals surface area contributed by atoms with Crippen molar-refractivity contribution in [2.24, 2.45) is 5.73 Å². The Bertz CT molecular complexity index is 235. The topological polar surface area (TPSA) is 35.2 Å². The van der Waals surface area contributed by atoms with Gasteiger partial charge in [-0.25, -0.2) is 0 Å². The van der Waals surface area contributed by atoms with Crippen LogP contribution in [0.2, 0.25) is 0 Å². The van der Waals surface area contributed by atoms with Crippen LogP contribution in [0.25, 0.3) is 0 Å². The quantitative estimate of drug-likeness (QED) is 0.685. The van der Waals surface area contributed by atoms with E-state index in [0.29, 0.717) is 13.2 Å². The fraction of sp³-hybridized carbons (Fsp3) is 0.400. The molecule has 0 heterocycles. The summed E-state index contributed by atoms with van der Waals surface area (Å²) in [6.07, 6.45) is 0.900. The van der Waals surface area contributed by atoms with Gasteiger partial charge in [-0.2, -0.15) is 0 Å². The van der Waals surface area contributed by atoms with Crippen molar-refractivity contribution in [3.05, 3.63) is 29.8 Å². The molecule has 1 aromatic carbocycles. The summed E-state index contributed by atoms with van der Waals surface area (Å²) in [6, 6.07) is 8.80. The van der Waals surface area contributed by atoms with Gasteiger partial charge in [0.15, 0.2) is 0 Å². The molecule has 1 rings (SSSR count). The number of aryl methyl sites for hydroxylation is 1. The molecule has 0 unspecified atom stereocenters. The maximum Gasteiger partial charge on any atom is 0.119 e. The first-order chi connectivity index (χ1) is 5.83. The second-order valence-electron chi connectivity index (χ2n) is 2.70. The molecular weight excluding hydrogens is 150 g/mol. The Balaban J connectivity index is 2.41. The molecule has 0 amide bonds. The minimum absolute atomic E-state index is 0.679. The lowest BCUT2D eigenvalue weighted by molar-refractivity contribution is 0.313. The molecule has 0 aliphatic rings. The predicted octanol–water partition coefficient (Wildman–Crippen LogP) is 1.52. The summed E-state index contributed by atoms with van der Waals surface area (Å²) in [6.45, 7) is 3.37. The van der Waals surface area contributed by atoms with Crippen molar-refractivity contribution in [3.63, 3.8) is 0 Å². The van der Waals surface area contributed by atoms with Crippen molar-refractivity contribution in [2.45, 2.75) is 13.3 Å². The van der Waals surface area contributed by atoms with Crippen molar-refractivity contribution in [1.29, 1.82) is 0 Å². The highest BCUT2D eigenvalue weighted by Crippen LogP contribution is 2.11. The Hall–Kier alpha value is -1.02. The van der Waals surface area contributed by atoms with E-state index in [9.17, 15) is 0 Å². The zero-order chi connectivity index (χ0) is 8.81. The van der Waals surface area contributed by atoms with Crippen LogP contribution in [0.3, 0.4) is 0 Å². The summed E-state index contributed by atoms with van der Waals surface area (Å²) in [5.74, 6) is 0.903. The van der Waals surface area contributed by atoms with E-state index in [1.54, 1.807) is 0 Å². The van der Waals surface area contributed by atoms with Crippen LogP contribution >= 0.6 is 0 Å². The van der Waals surface area contributed by atoms with E-state index in [2.05, 4.69) is 6.07 Å². The SMILES string of the molecule is Cc1[c]ccc(OCCCN)c1. The smallest absolute Gasteiger partial charge is 0.119 e. The summed E-state index contributed by atoms with van der Waals surface area (Å²) in [7, 11) is 0. The van der Waals surface area contributed by atoms with Crippen LogP contribution in [-0.4, -0.2) is 13.2 Å². The van der Waals surface area contributed by atoms with Gasteiger partial charge >= 0.3 is 0 Å². The minimum atomic E-state index is 0.679. The highest BCUT2D eigenvalue weighted by molar-refractivity contribution is 5.26. The average molecular weight is 164 g/mol. The molecule has 65 valence electrons. The van der Waals surface area contributed by atoms with E-state index in [4.69, 9.17) is 10.5 Å². The van der Waals surface area contributed by atoms with Crippen molar-refractivity contribution in [1.82, 2.24) is 0 Å². The molecule has 2 heteroatoms. The van der Waals surface area contributed by atoms with Crippen LogP contribution in [-0.2, 0) is 0 Å². The van der Waals surface area contributed by atoms with E-state index in [-0.39, 0.29) is 0 Å². The molecule has 1 radical (unpaired) electrons. The molecule has 2 N–H and O–H groups in total. The number of hydrogen-bond donors (Lipinski definition) is 1. The first-order valence-corrected chi connectivity index (χ1v) is 4.14. The molecule has 0 aromatic heterocycles. The number of hydrogen-bond acceptors (Lipinski definition) is 2. The van der Waals surface area contributed by atoms with Gasteiger partial charge in [0.05, 0.1) is 6.61 Å². The van der Waals surface area contributed by atoms with E-state index in [0.717, 1.165) is 17.7 Å². The molecule has 0 saturated carbocycles. The summed E-state index contributed by atoms with van der Waals surface area (Å²) in [5, 5.41) is 0. The maximum absolute atomic E-state index is 5.43. The first-order valence-electron chi connectivity index (χ1n) is 4.14. The molecule has 12 heavy (non-hydrogen) atoms. The van der Waals surface area contributed by atoms with Gasteiger partial charge in [0.2, 0.25) is 0 Å². The molecule has 1 aromatic rings. The minimum Gasteiger partial charge on any atom is -0.494 e. The molecule has 2 nitrogen and oxygen atoms in total. The van der Waals surface area contributed by atoms with Gasteiger partial charge in [-0.3, -0.25) is 0 Å². The summed E-state index contributed by atoms with van der Waals surface area (Å²) in [4.78, 5) is 0. The van der Waals surface area contributed by atoms with Gasteiger partial charge in [-0.15, -0.1) is 0 Å². The Labute approximate surface area is 73.3 Å². The zero-order valence-electron chi connectivity index (χ0n) is 7.34. The first kappa shape index (κ1) is 9.07. The summed E-state index contributed by atoms with van der Waals surface area (Å²) < 4.78 is 5.43. The molecule has 0 aliphatic heterocycles. The zero-order valence-corrected chi connectivity index (χ0v) is 7.34. The van der Waals surface area contributed by atoms with Gasteiger partial charge in [0.25, 0.3) is 0 Å². The molecule has 0 spiro atoms. The lowest BCUT2D eigenvalue weighted by Gasteiger charge is -2.04. The molecular formula is C10H14NO. The monoisotopic (exact) mass is 164 g/mol. The van der Waals surface area contributed by atoms with Crippen molar-refractivity contribution < 1.29 is 4.74 Å². The van der Waals surface area contributed by atoms with Gasteiger partial charge < -0.3 is 10.5 Å². The van der Waals surface area contributed by atoms with Crippen molar-refractivity contribution in [2.75, 3.05) is 13.2 Å². The van der Waals surface area contributed by atoms with Gasteiger partial charge in [-0.1, -0.05) is 6.07 Å². The van der Waals surface area contributed by atoms with E-state index in [1.165, 1.54) is 0 Å². The summed E-state index contributed by atoms with van der Waals surface area (Å²) in [5.41, 5.74) is 6.43. The normalized spacial score (nSPS) is 9.83. The largest absolute Gasteiger partial charge is 0.494 e. The third-order valence-corrected chi connectivity index (χ3v) is 1.53. The highest BCUT2D eigenvalue weighted by atomic mass is 16.5. The molecule has 0 aliphatic carbocycles. The second-order valence-corrected chi connectivity index (χ2v) is 2.70. The maximum atomic E-state index is 5.43. The van der Waals surface area contributed by atoms with E-state index in [1.807, 2.05) is 25.1 Å². The van der Waals surface area contributed by atoms with Crippen molar-refractivity contribution in [3.8, 4) is 5.75 Å². The Morgan fingerprint density at radius 3 is 3.08 bits per heavy atom. The second kappa shape index (κ2) is 4.78. The average Bonchev–Trinajstić information content (AvgIpc) is 2.05. The van der Waals surface area contributed by atoms with Gasteiger partial charge in [0, 0.05) is 0 Å². The molecule has 0 bridgehead atoms. The summed E-state index contributed by atoms with van der Waals surface area (Å²) >= 11 is 0. The lowest BCUT2D eigenvalue weighted by Crippen LogP contribution is -2.05. The number of ether oxygens (including phenoxy) is 1. The van der Waals surface area contributed by atoms with Crippen LogP contribution in [0.4, 0.5) is 0 Å². The third kappa shape index (κ3) is 2.93. The molecule has 0 saturated heterocycles. The van der Waals surface area contributed by atoms with Crippen LogP contribution < -0.4 is 10.5 Å². The fourth-order valence-corrected chi connectivity index (χ4v) is 0.922. The Morgan fingerprint density at radius 1 is 1.58 bits per heavy atom. The van der Waals surface area contributed by atoms with Crippen LogP contribution in [0.5, 0.6) is 5.75 Å². The number of nitrogens with two attached hydrogens (primary N) is 1. The molecule has 0 atom stereocenters. The van der Waals surface area contributed by atoms with Gasteiger partial charge in [0.1, 0.15) is 5.75 Å². The lowest BCUT2D eigenvalue weighted by atomic mass is 10.2. The Morgan fingerprint density at radius 2 is 2.42 bits per heavy atom. The number of rotatable bonds is 4. The van der Waals surface area contributed by atoms with Crippen LogP contribution in [0.15, 0.2) is 18.2 Å². The molecule has 0 fully saturated rings. The standard InChI is InChI=1S/C10H14NO/c1-9-4-2-5-10(8-9)12-7-3-6-11/h2,5,8H,3,6-7,11H2,1H3. The third-order valence-electron chi connectivity index (χ3n) is 1.53. The Kier molecular flexibility index (Phi) is 3.61. The van der Waals surface area contributed by atoms with Crippen LogP contribution in [0, 0.1) is 13.0 Å². The van der Waals surface area contributed by atoms with Crippen LogP contribution in [0.1, 0.15) is 12.0 Å². The van der Waals surface area contributed by atoms with Gasteiger partial charge in [-0.05, 0) is 43.7 Å². The highest BCUT2D eigenvalue weighted by Gasteiger charge is 1.92. The number of benzene rings is 1. The van der Waals surface area contributed by atoms with E-state index < -0.39 is 0 Å². The predicted molar refractivity (Wildman–Crippen MR) is 49.2 cm³/mol. The van der Waals surface area contributed by atoms with E-state index >= 15 is 0 Å². The fourth-order valence-electron chi connectivity index (χ4n) is 0.922.